The highest BCUT2D eigenvalue weighted by atomic mass is 16.5. The molecule has 1 aromatic carbocycles. The maximum Gasteiger partial charge on any atom is 0.0991 e. The molecular weight excluding hydrogens is 200 g/mol. The third kappa shape index (κ3) is 4.92. The molecule has 16 heavy (non-hydrogen) atoms. The van der Waals surface area contributed by atoms with Crippen molar-refractivity contribution >= 4 is 0 Å². The zero-order valence-corrected chi connectivity index (χ0v) is 9.70. The van der Waals surface area contributed by atoms with Crippen molar-refractivity contribution in [3.8, 4) is 6.07 Å². The summed E-state index contributed by atoms with van der Waals surface area (Å²) in [6.07, 6.45) is 1.14. The highest BCUT2D eigenvalue weighted by Gasteiger charge is 1.95. The summed E-state index contributed by atoms with van der Waals surface area (Å²) in [5.74, 6) is 0. The van der Waals surface area contributed by atoms with Gasteiger partial charge in [0.1, 0.15) is 0 Å². The molecule has 3 heteroatoms. The highest BCUT2D eigenvalue weighted by molar-refractivity contribution is 5.32. The average molecular weight is 218 g/mol. The first-order valence-electron chi connectivity index (χ1n) is 5.64. The Morgan fingerprint density at radius 2 is 2.25 bits per heavy atom. The van der Waals surface area contributed by atoms with Gasteiger partial charge in [-0.25, -0.2) is 0 Å². The Bertz CT molecular complexity index is 344. The fourth-order valence-electron chi connectivity index (χ4n) is 1.37. The molecule has 0 aliphatic carbocycles. The van der Waals surface area contributed by atoms with E-state index in [0.29, 0.717) is 18.8 Å². The first kappa shape index (κ1) is 12.7. The van der Waals surface area contributed by atoms with Gasteiger partial charge in [0.25, 0.3) is 0 Å². The highest BCUT2D eigenvalue weighted by Crippen LogP contribution is 2.05. The van der Waals surface area contributed by atoms with Gasteiger partial charge in [-0.3, -0.25) is 0 Å². The van der Waals surface area contributed by atoms with Crippen LogP contribution in [0.15, 0.2) is 24.3 Å². The molecule has 0 saturated heterocycles. The van der Waals surface area contributed by atoms with Gasteiger partial charge < -0.3 is 10.1 Å². The van der Waals surface area contributed by atoms with Crippen LogP contribution in [0.4, 0.5) is 0 Å². The summed E-state index contributed by atoms with van der Waals surface area (Å²) in [7, 11) is 0. The summed E-state index contributed by atoms with van der Waals surface area (Å²) in [5, 5.41) is 12.0. The Labute approximate surface area is 97.0 Å². The van der Waals surface area contributed by atoms with E-state index in [1.165, 1.54) is 0 Å². The second-order valence-electron chi connectivity index (χ2n) is 3.61. The second-order valence-corrected chi connectivity index (χ2v) is 3.61. The first-order chi connectivity index (χ1) is 7.86. The molecule has 1 aromatic rings. The Kier molecular flexibility index (Phi) is 6.24. The first-order valence-corrected chi connectivity index (χ1v) is 5.64. The molecule has 0 unspecified atom stereocenters. The number of hydrogen-bond donors (Lipinski definition) is 1. The third-order valence-electron chi connectivity index (χ3n) is 2.17. The molecule has 0 amide bonds. The Balaban J connectivity index is 2.19. The maximum atomic E-state index is 8.73. The number of rotatable bonds is 7. The number of hydrogen-bond acceptors (Lipinski definition) is 3. The third-order valence-corrected chi connectivity index (χ3v) is 2.17. The normalized spacial score (nSPS) is 10.0. The fraction of sp³-hybridized carbons (Fsp3) is 0.462. The molecule has 0 saturated carbocycles. The fourth-order valence-corrected chi connectivity index (χ4v) is 1.37. The van der Waals surface area contributed by atoms with Gasteiger partial charge in [-0.1, -0.05) is 19.1 Å². The average Bonchev–Trinajstić information content (AvgIpc) is 2.34. The molecule has 0 atom stereocenters. The number of nitrogens with one attached hydrogen (secondary N) is 1. The molecule has 0 aliphatic heterocycles. The minimum absolute atomic E-state index is 0.573. The minimum Gasteiger partial charge on any atom is -0.375 e. The summed E-state index contributed by atoms with van der Waals surface area (Å²) < 4.78 is 5.49. The van der Waals surface area contributed by atoms with Gasteiger partial charge >= 0.3 is 0 Å². The summed E-state index contributed by atoms with van der Waals surface area (Å²) in [6, 6.07) is 9.63. The minimum atomic E-state index is 0.573. The maximum absolute atomic E-state index is 8.73. The molecule has 1 rings (SSSR count). The van der Waals surface area contributed by atoms with Crippen LogP contribution in [0.1, 0.15) is 24.5 Å². The smallest absolute Gasteiger partial charge is 0.0991 e. The zero-order valence-electron chi connectivity index (χ0n) is 9.70. The van der Waals surface area contributed by atoms with Gasteiger partial charge in [-0.05, 0) is 30.7 Å². The van der Waals surface area contributed by atoms with E-state index in [1.54, 1.807) is 6.07 Å². The molecule has 1 N–H and O–H groups in total. The molecule has 0 radical (unpaired) electrons. The SMILES string of the molecule is CCCNCCOCc1cccc(C#N)c1. The van der Waals surface area contributed by atoms with Crippen molar-refractivity contribution in [1.82, 2.24) is 5.32 Å². The van der Waals surface area contributed by atoms with Crippen LogP contribution in [0.25, 0.3) is 0 Å². The Morgan fingerprint density at radius 3 is 3.00 bits per heavy atom. The second kappa shape index (κ2) is 7.86. The number of ether oxygens (including phenoxy) is 1. The van der Waals surface area contributed by atoms with E-state index in [9.17, 15) is 0 Å². The van der Waals surface area contributed by atoms with Crippen LogP contribution in [0.2, 0.25) is 0 Å². The van der Waals surface area contributed by atoms with Crippen LogP contribution in [0.5, 0.6) is 0 Å². The molecule has 3 nitrogen and oxygen atoms in total. The Morgan fingerprint density at radius 1 is 1.38 bits per heavy atom. The van der Waals surface area contributed by atoms with E-state index < -0.39 is 0 Å². The Hall–Kier alpha value is -1.37. The molecule has 0 spiro atoms. The van der Waals surface area contributed by atoms with Crippen LogP contribution in [-0.4, -0.2) is 19.7 Å². The van der Waals surface area contributed by atoms with E-state index in [2.05, 4.69) is 18.3 Å². The molecular formula is C13H18N2O. The quantitative estimate of drug-likeness (QED) is 0.713. The monoisotopic (exact) mass is 218 g/mol. The molecule has 0 bridgehead atoms. The topological polar surface area (TPSA) is 45.0 Å². The van der Waals surface area contributed by atoms with Crippen molar-refractivity contribution in [2.45, 2.75) is 20.0 Å². The van der Waals surface area contributed by atoms with Gasteiger partial charge in [-0.15, -0.1) is 0 Å². The van der Waals surface area contributed by atoms with Crippen LogP contribution >= 0.6 is 0 Å². The number of benzene rings is 1. The van der Waals surface area contributed by atoms with Gasteiger partial charge in [0, 0.05) is 6.54 Å². The largest absolute Gasteiger partial charge is 0.375 e. The van der Waals surface area contributed by atoms with E-state index >= 15 is 0 Å². The van der Waals surface area contributed by atoms with Crippen LogP contribution < -0.4 is 5.32 Å². The summed E-state index contributed by atoms with van der Waals surface area (Å²) >= 11 is 0. The summed E-state index contributed by atoms with van der Waals surface area (Å²) in [5.41, 5.74) is 1.74. The van der Waals surface area contributed by atoms with Crippen molar-refractivity contribution in [1.29, 1.82) is 5.26 Å². The van der Waals surface area contributed by atoms with E-state index in [0.717, 1.165) is 25.1 Å². The van der Waals surface area contributed by atoms with E-state index in [4.69, 9.17) is 10.00 Å². The molecule has 0 aromatic heterocycles. The number of nitriles is 1. The summed E-state index contributed by atoms with van der Waals surface area (Å²) in [4.78, 5) is 0. The van der Waals surface area contributed by atoms with Crippen LogP contribution in [0.3, 0.4) is 0 Å². The van der Waals surface area contributed by atoms with Gasteiger partial charge in [0.05, 0.1) is 24.8 Å². The van der Waals surface area contributed by atoms with Crippen LogP contribution in [0, 0.1) is 11.3 Å². The lowest BCUT2D eigenvalue weighted by Crippen LogP contribution is -2.20. The molecule has 0 fully saturated rings. The standard InChI is InChI=1S/C13H18N2O/c1-2-6-15-7-8-16-11-13-5-3-4-12(9-13)10-14/h3-5,9,15H,2,6-8,11H2,1H3. The zero-order chi connectivity index (χ0) is 11.6. The molecule has 0 aliphatic rings. The van der Waals surface area contributed by atoms with Crippen molar-refractivity contribution in [2.75, 3.05) is 19.7 Å². The number of nitrogens with zero attached hydrogens (tertiary/aromatic N) is 1. The van der Waals surface area contributed by atoms with Crippen molar-refractivity contribution in [3.05, 3.63) is 35.4 Å². The predicted octanol–water partition coefficient (Wildman–Crippen LogP) is 2.07. The lowest BCUT2D eigenvalue weighted by Gasteiger charge is -2.05. The van der Waals surface area contributed by atoms with E-state index in [-0.39, 0.29) is 0 Å². The molecule has 0 heterocycles. The van der Waals surface area contributed by atoms with Gasteiger partial charge in [0.15, 0.2) is 0 Å². The molecule has 86 valence electrons. The van der Waals surface area contributed by atoms with Crippen LogP contribution in [-0.2, 0) is 11.3 Å². The lowest BCUT2D eigenvalue weighted by molar-refractivity contribution is 0.123. The van der Waals surface area contributed by atoms with Crippen molar-refractivity contribution in [2.24, 2.45) is 0 Å². The lowest BCUT2D eigenvalue weighted by atomic mass is 10.1. The predicted molar refractivity (Wildman–Crippen MR) is 64.0 cm³/mol. The van der Waals surface area contributed by atoms with E-state index in [1.807, 2.05) is 18.2 Å². The summed E-state index contributed by atoms with van der Waals surface area (Å²) in [6.45, 7) is 5.33. The van der Waals surface area contributed by atoms with Crippen molar-refractivity contribution < 1.29 is 4.74 Å². The van der Waals surface area contributed by atoms with Gasteiger partial charge in [-0.2, -0.15) is 5.26 Å². The van der Waals surface area contributed by atoms with Gasteiger partial charge in [0.2, 0.25) is 0 Å². The van der Waals surface area contributed by atoms with Crippen molar-refractivity contribution in [3.63, 3.8) is 0 Å².